The van der Waals surface area contributed by atoms with Crippen LogP contribution in [0.25, 0.3) is 0 Å². The molecule has 0 radical (unpaired) electrons. The van der Waals surface area contributed by atoms with Crippen LogP contribution in [-0.2, 0) is 11.8 Å². The summed E-state index contributed by atoms with van der Waals surface area (Å²) in [4.78, 5) is 0. The number of aromatic nitrogens is 2. The van der Waals surface area contributed by atoms with Crippen LogP contribution < -0.4 is 11.3 Å². The van der Waals surface area contributed by atoms with Crippen LogP contribution in [0.1, 0.15) is 30.3 Å². The van der Waals surface area contributed by atoms with Crippen LogP contribution in [0.4, 0.5) is 0 Å². The molecular weight excluding hydrogens is 276 g/mol. The number of aryl methyl sites for hydroxylation is 1. The molecule has 0 saturated carbocycles. The summed E-state index contributed by atoms with van der Waals surface area (Å²) >= 11 is 6.22. The van der Waals surface area contributed by atoms with Crippen LogP contribution in [0, 0.1) is 0 Å². The van der Waals surface area contributed by atoms with Gasteiger partial charge in [0.05, 0.1) is 23.0 Å². The summed E-state index contributed by atoms with van der Waals surface area (Å²) in [5.41, 5.74) is 4.64. The lowest BCUT2D eigenvalue weighted by molar-refractivity contribution is 0.0306. The van der Waals surface area contributed by atoms with Crippen LogP contribution in [-0.4, -0.2) is 16.4 Å². The van der Waals surface area contributed by atoms with Crippen molar-refractivity contribution >= 4 is 11.6 Å². The van der Waals surface area contributed by atoms with Gasteiger partial charge in [-0.15, -0.1) is 0 Å². The lowest BCUT2D eigenvalue weighted by Gasteiger charge is -2.27. The number of hydrazine groups is 1. The second-order valence-corrected chi connectivity index (χ2v) is 4.84. The minimum atomic E-state index is -0.280. The Morgan fingerprint density at radius 3 is 2.60 bits per heavy atom. The third-order valence-electron chi connectivity index (χ3n) is 3.19. The molecule has 1 aromatic heterocycles. The Labute approximate surface area is 123 Å². The van der Waals surface area contributed by atoms with Gasteiger partial charge in [-0.25, -0.2) is 5.43 Å². The van der Waals surface area contributed by atoms with E-state index in [2.05, 4.69) is 10.5 Å². The first kappa shape index (κ1) is 15.0. The van der Waals surface area contributed by atoms with E-state index in [1.54, 1.807) is 10.9 Å². The number of nitrogens with zero attached hydrogens (tertiary/aromatic N) is 2. The molecule has 108 valence electrons. The average molecular weight is 295 g/mol. The van der Waals surface area contributed by atoms with Gasteiger partial charge in [0.2, 0.25) is 0 Å². The molecule has 2 rings (SSSR count). The first-order valence-electron chi connectivity index (χ1n) is 6.49. The van der Waals surface area contributed by atoms with Crippen molar-refractivity contribution in [1.29, 1.82) is 0 Å². The maximum absolute atomic E-state index is 6.22. The molecule has 1 heterocycles. The number of hydrogen-bond donors (Lipinski definition) is 2. The molecule has 6 heteroatoms. The highest BCUT2D eigenvalue weighted by molar-refractivity contribution is 6.31. The van der Waals surface area contributed by atoms with E-state index in [0.29, 0.717) is 11.6 Å². The van der Waals surface area contributed by atoms with E-state index >= 15 is 0 Å². The van der Waals surface area contributed by atoms with Gasteiger partial charge in [-0.2, -0.15) is 5.10 Å². The van der Waals surface area contributed by atoms with Gasteiger partial charge in [0, 0.05) is 13.7 Å². The Bertz CT molecular complexity index is 524. The molecule has 0 spiro atoms. The fraction of sp³-hybridized carbons (Fsp3) is 0.357. The molecule has 2 unspecified atom stereocenters. The number of nitrogens with one attached hydrogen (secondary N) is 1. The molecule has 0 amide bonds. The molecule has 1 aromatic carbocycles. The smallest absolute Gasteiger partial charge is 0.105 e. The maximum Gasteiger partial charge on any atom is 0.105 e. The molecule has 0 aliphatic heterocycles. The van der Waals surface area contributed by atoms with Crippen LogP contribution in [0.3, 0.4) is 0 Å². The number of benzene rings is 1. The molecule has 0 bridgehead atoms. The zero-order chi connectivity index (χ0) is 14.5. The van der Waals surface area contributed by atoms with Crippen molar-refractivity contribution in [3.8, 4) is 0 Å². The monoisotopic (exact) mass is 294 g/mol. The maximum atomic E-state index is 6.22. The summed E-state index contributed by atoms with van der Waals surface area (Å²) in [5.74, 6) is 5.74. The standard InChI is InChI=1S/C14H19ClN4O/c1-3-20-14(10-7-5-4-6-8-10)12(18-16)13-11(15)9-17-19(13)2/h4-9,12,14,18H,3,16H2,1-2H3. The largest absolute Gasteiger partial charge is 0.372 e. The third kappa shape index (κ3) is 3.02. The Morgan fingerprint density at radius 2 is 2.10 bits per heavy atom. The topological polar surface area (TPSA) is 65.1 Å². The van der Waals surface area contributed by atoms with E-state index in [4.69, 9.17) is 22.2 Å². The molecule has 0 saturated heterocycles. The van der Waals surface area contributed by atoms with Gasteiger partial charge in [0.15, 0.2) is 0 Å². The van der Waals surface area contributed by atoms with Gasteiger partial charge >= 0.3 is 0 Å². The van der Waals surface area contributed by atoms with Gasteiger partial charge in [0.25, 0.3) is 0 Å². The molecule has 20 heavy (non-hydrogen) atoms. The van der Waals surface area contributed by atoms with Crippen molar-refractivity contribution in [3.05, 3.63) is 52.8 Å². The van der Waals surface area contributed by atoms with E-state index in [1.807, 2.05) is 44.3 Å². The van der Waals surface area contributed by atoms with Crippen molar-refractivity contribution in [2.24, 2.45) is 12.9 Å². The van der Waals surface area contributed by atoms with E-state index in [-0.39, 0.29) is 12.1 Å². The Kier molecular flexibility index (Phi) is 5.14. The summed E-state index contributed by atoms with van der Waals surface area (Å²) in [5, 5.41) is 4.72. The fourth-order valence-electron chi connectivity index (χ4n) is 2.29. The number of hydrogen-bond acceptors (Lipinski definition) is 4. The minimum absolute atomic E-state index is 0.237. The van der Waals surface area contributed by atoms with Gasteiger partial charge in [-0.1, -0.05) is 41.9 Å². The lowest BCUT2D eigenvalue weighted by atomic mass is 10.00. The average Bonchev–Trinajstić information content (AvgIpc) is 2.80. The summed E-state index contributed by atoms with van der Waals surface area (Å²) in [6, 6.07) is 9.65. The van der Waals surface area contributed by atoms with Crippen molar-refractivity contribution in [3.63, 3.8) is 0 Å². The van der Waals surface area contributed by atoms with Crippen LogP contribution in [0.5, 0.6) is 0 Å². The highest BCUT2D eigenvalue weighted by atomic mass is 35.5. The van der Waals surface area contributed by atoms with Gasteiger partial charge < -0.3 is 4.74 Å². The molecular formula is C14H19ClN4O. The Balaban J connectivity index is 2.41. The van der Waals surface area contributed by atoms with Crippen molar-refractivity contribution < 1.29 is 4.74 Å². The molecule has 5 nitrogen and oxygen atoms in total. The summed E-state index contributed by atoms with van der Waals surface area (Å²) in [6.07, 6.45) is 1.37. The quantitative estimate of drug-likeness (QED) is 0.634. The lowest BCUT2D eigenvalue weighted by Crippen LogP contribution is -2.35. The Morgan fingerprint density at radius 1 is 1.40 bits per heavy atom. The first-order chi connectivity index (χ1) is 9.69. The van der Waals surface area contributed by atoms with Gasteiger partial charge in [0.1, 0.15) is 6.10 Å². The van der Waals surface area contributed by atoms with Crippen molar-refractivity contribution in [2.45, 2.75) is 19.1 Å². The van der Waals surface area contributed by atoms with E-state index in [9.17, 15) is 0 Å². The van der Waals surface area contributed by atoms with Crippen molar-refractivity contribution in [2.75, 3.05) is 6.61 Å². The number of rotatable bonds is 6. The fourth-order valence-corrected chi connectivity index (χ4v) is 2.57. The number of ether oxygens (including phenoxy) is 1. The van der Waals surface area contributed by atoms with Gasteiger partial charge in [-0.05, 0) is 12.5 Å². The number of nitrogens with two attached hydrogens (primary N) is 1. The van der Waals surface area contributed by atoms with E-state index in [0.717, 1.165) is 11.3 Å². The molecule has 3 N–H and O–H groups in total. The summed E-state index contributed by atoms with van der Waals surface area (Å²) in [7, 11) is 1.83. The van der Waals surface area contributed by atoms with Crippen molar-refractivity contribution in [1.82, 2.24) is 15.2 Å². The molecule has 2 atom stereocenters. The molecule has 0 aliphatic carbocycles. The second-order valence-electron chi connectivity index (χ2n) is 4.43. The normalized spacial score (nSPS) is 14.2. The predicted octanol–water partition coefficient (Wildman–Crippen LogP) is 2.36. The first-order valence-corrected chi connectivity index (χ1v) is 6.86. The molecule has 0 aliphatic rings. The Hall–Kier alpha value is -1.40. The summed E-state index contributed by atoms with van der Waals surface area (Å²) in [6.45, 7) is 2.53. The highest BCUT2D eigenvalue weighted by Gasteiger charge is 2.28. The number of halogens is 1. The van der Waals surface area contributed by atoms with Crippen LogP contribution in [0.2, 0.25) is 5.02 Å². The minimum Gasteiger partial charge on any atom is -0.372 e. The SMILES string of the molecule is CCOC(c1ccccc1)C(NN)c1c(Cl)cnn1C. The third-order valence-corrected chi connectivity index (χ3v) is 3.48. The second kappa shape index (κ2) is 6.85. The van der Waals surface area contributed by atoms with Crippen LogP contribution >= 0.6 is 11.6 Å². The summed E-state index contributed by atoms with van der Waals surface area (Å²) < 4.78 is 7.58. The molecule has 0 fully saturated rings. The highest BCUT2D eigenvalue weighted by Crippen LogP contribution is 2.34. The van der Waals surface area contributed by atoms with Crippen LogP contribution in [0.15, 0.2) is 36.5 Å². The van der Waals surface area contributed by atoms with E-state index in [1.165, 1.54) is 0 Å². The van der Waals surface area contributed by atoms with E-state index < -0.39 is 0 Å². The predicted molar refractivity (Wildman–Crippen MR) is 79.1 cm³/mol. The zero-order valence-electron chi connectivity index (χ0n) is 11.6. The molecule has 2 aromatic rings. The van der Waals surface area contributed by atoms with Gasteiger partial charge in [-0.3, -0.25) is 10.5 Å². The zero-order valence-corrected chi connectivity index (χ0v) is 12.3.